The fraction of sp³-hybridized carbons (Fsp3) is 0.111. The van der Waals surface area contributed by atoms with E-state index in [4.69, 9.17) is 0 Å². The van der Waals surface area contributed by atoms with Gasteiger partial charge in [-0.2, -0.15) is 0 Å². The standard InChI is InChI=1S/C18H15NO3S/c20-16(12-5-2-1-3-6-12)11-13-9-10-17-18-14(13)7-4-8-15(18)19-23(17,21)22/h1-10,16,19-20H,11H2. The predicted octanol–water partition coefficient (Wildman–Crippen LogP) is 3.23. The summed E-state index contributed by atoms with van der Waals surface area (Å²) in [5.41, 5.74) is 2.39. The summed E-state index contributed by atoms with van der Waals surface area (Å²) in [5.74, 6) is 0. The van der Waals surface area contributed by atoms with Crippen molar-refractivity contribution in [3.8, 4) is 0 Å². The quantitative estimate of drug-likeness (QED) is 0.777. The van der Waals surface area contributed by atoms with Gasteiger partial charge in [-0.1, -0.05) is 48.5 Å². The molecule has 1 aliphatic heterocycles. The van der Waals surface area contributed by atoms with Crippen LogP contribution in [0.5, 0.6) is 0 Å². The molecule has 0 saturated heterocycles. The van der Waals surface area contributed by atoms with E-state index in [1.807, 2.05) is 42.5 Å². The zero-order valence-corrected chi connectivity index (χ0v) is 13.0. The van der Waals surface area contributed by atoms with Gasteiger partial charge in [-0.05, 0) is 28.6 Å². The van der Waals surface area contributed by atoms with Gasteiger partial charge in [0.2, 0.25) is 0 Å². The summed E-state index contributed by atoms with van der Waals surface area (Å²) < 4.78 is 26.8. The van der Waals surface area contributed by atoms with Crippen molar-refractivity contribution in [1.29, 1.82) is 0 Å². The van der Waals surface area contributed by atoms with Crippen LogP contribution >= 0.6 is 0 Å². The molecule has 0 aromatic heterocycles. The number of anilines is 1. The van der Waals surface area contributed by atoms with Crippen molar-refractivity contribution in [2.75, 3.05) is 4.72 Å². The molecule has 2 N–H and O–H groups in total. The van der Waals surface area contributed by atoms with Gasteiger partial charge in [0.15, 0.2) is 0 Å². The van der Waals surface area contributed by atoms with Crippen LogP contribution in [-0.4, -0.2) is 13.5 Å². The average molecular weight is 325 g/mol. The lowest BCUT2D eigenvalue weighted by atomic mass is 9.96. The molecule has 1 atom stereocenters. The summed E-state index contributed by atoms with van der Waals surface area (Å²) in [6.07, 6.45) is -0.191. The van der Waals surface area contributed by atoms with Crippen molar-refractivity contribution in [1.82, 2.24) is 0 Å². The second-order valence-corrected chi connectivity index (χ2v) is 7.34. The highest BCUT2D eigenvalue weighted by Gasteiger charge is 2.28. The summed E-state index contributed by atoms with van der Waals surface area (Å²) in [6, 6.07) is 18.4. The van der Waals surface area contributed by atoms with Gasteiger partial charge in [-0.3, -0.25) is 4.72 Å². The van der Waals surface area contributed by atoms with E-state index in [-0.39, 0.29) is 0 Å². The van der Waals surface area contributed by atoms with Crippen molar-refractivity contribution in [2.24, 2.45) is 0 Å². The number of hydrogen-bond acceptors (Lipinski definition) is 3. The number of aliphatic hydroxyl groups excluding tert-OH is 1. The van der Waals surface area contributed by atoms with E-state index in [1.165, 1.54) is 0 Å². The average Bonchev–Trinajstić information content (AvgIpc) is 2.82. The highest BCUT2D eigenvalue weighted by atomic mass is 32.2. The van der Waals surface area contributed by atoms with Crippen LogP contribution in [0, 0.1) is 0 Å². The van der Waals surface area contributed by atoms with Crippen LogP contribution in [-0.2, 0) is 16.4 Å². The highest BCUT2D eigenvalue weighted by molar-refractivity contribution is 7.93. The first-order valence-electron chi connectivity index (χ1n) is 7.37. The molecule has 0 saturated carbocycles. The molecule has 1 heterocycles. The summed E-state index contributed by atoms with van der Waals surface area (Å²) in [5, 5.41) is 12.0. The maximum Gasteiger partial charge on any atom is 0.262 e. The van der Waals surface area contributed by atoms with Crippen LogP contribution in [0.3, 0.4) is 0 Å². The van der Waals surface area contributed by atoms with E-state index in [1.54, 1.807) is 18.2 Å². The van der Waals surface area contributed by atoms with Gasteiger partial charge in [0.25, 0.3) is 10.0 Å². The van der Waals surface area contributed by atoms with Gasteiger partial charge in [-0.15, -0.1) is 0 Å². The van der Waals surface area contributed by atoms with Gasteiger partial charge in [-0.25, -0.2) is 8.42 Å². The zero-order chi connectivity index (χ0) is 16.0. The van der Waals surface area contributed by atoms with Crippen LogP contribution in [0.25, 0.3) is 10.8 Å². The van der Waals surface area contributed by atoms with Crippen LogP contribution in [0.15, 0.2) is 65.6 Å². The minimum Gasteiger partial charge on any atom is -0.388 e. The smallest absolute Gasteiger partial charge is 0.262 e. The molecule has 3 aromatic carbocycles. The Balaban J connectivity index is 1.82. The number of benzene rings is 3. The largest absolute Gasteiger partial charge is 0.388 e. The Morgan fingerprint density at radius 1 is 0.957 bits per heavy atom. The molecule has 0 radical (unpaired) electrons. The molecule has 1 unspecified atom stereocenters. The summed E-state index contributed by atoms with van der Waals surface area (Å²) in [4.78, 5) is 0.307. The van der Waals surface area contributed by atoms with Crippen LogP contribution < -0.4 is 4.72 Å². The normalized spacial score (nSPS) is 16.2. The Morgan fingerprint density at radius 3 is 2.52 bits per heavy atom. The van der Waals surface area contributed by atoms with Crippen molar-refractivity contribution in [3.63, 3.8) is 0 Å². The number of nitrogens with one attached hydrogen (secondary N) is 1. The van der Waals surface area contributed by atoms with Gasteiger partial charge < -0.3 is 5.11 Å². The van der Waals surface area contributed by atoms with E-state index in [9.17, 15) is 13.5 Å². The first-order valence-corrected chi connectivity index (χ1v) is 8.85. The fourth-order valence-corrected chi connectivity index (χ4v) is 4.43. The molecule has 3 aromatic rings. The first kappa shape index (κ1) is 14.2. The van der Waals surface area contributed by atoms with Crippen LogP contribution in [0.4, 0.5) is 5.69 Å². The Morgan fingerprint density at radius 2 is 1.74 bits per heavy atom. The Hall–Kier alpha value is -2.37. The number of hydrogen-bond donors (Lipinski definition) is 2. The lowest BCUT2D eigenvalue weighted by Crippen LogP contribution is -2.06. The third-order valence-electron chi connectivity index (χ3n) is 4.22. The summed E-state index contributed by atoms with van der Waals surface area (Å²) in [7, 11) is -3.47. The third-order valence-corrected chi connectivity index (χ3v) is 5.63. The van der Waals surface area contributed by atoms with E-state index < -0.39 is 16.1 Å². The molecule has 0 bridgehead atoms. The topological polar surface area (TPSA) is 66.4 Å². The molecule has 1 aliphatic rings. The molecular weight excluding hydrogens is 310 g/mol. The number of rotatable bonds is 3. The summed E-state index contributed by atoms with van der Waals surface area (Å²) >= 11 is 0. The van der Waals surface area contributed by atoms with Crippen molar-refractivity contribution < 1.29 is 13.5 Å². The molecule has 0 amide bonds. The van der Waals surface area contributed by atoms with Crippen LogP contribution in [0.1, 0.15) is 17.2 Å². The van der Waals surface area contributed by atoms with Crippen molar-refractivity contribution in [3.05, 3.63) is 71.8 Å². The lowest BCUT2D eigenvalue weighted by molar-refractivity contribution is 0.179. The molecule has 4 nitrogen and oxygen atoms in total. The predicted molar refractivity (Wildman–Crippen MR) is 89.9 cm³/mol. The first-order chi connectivity index (χ1) is 11.1. The van der Waals surface area contributed by atoms with E-state index in [0.29, 0.717) is 22.4 Å². The van der Waals surface area contributed by atoms with Gasteiger partial charge >= 0.3 is 0 Å². The molecule has 4 rings (SSSR count). The maximum absolute atomic E-state index is 12.1. The molecule has 116 valence electrons. The Bertz CT molecular complexity index is 997. The molecule has 0 fully saturated rings. The molecular formula is C18H15NO3S. The monoisotopic (exact) mass is 325 g/mol. The minimum atomic E-state index is -3.47. The van der Waals surface area contributed by atoms with Gasteiger partial charge in [0.05, 0.1) is 16.7 Å². The van der Waals surface area contributed by atoms with Crippen molar-refractivity contribution in [2.45, 2.75) is 17.4 Å². The Labute approximate surface area is 134 Å². The molecule has 0 spiro atoms. The SMILES string of the molecule is O=S1(=O)Nc2cccc3c(CC(O)c4ccccc4)ccc1c23. The van der Waals surface area contributed by atoms with Gasteiger partial charge in [0.1, 0.15) is 0 Å². The van der Waals surface area contributed by atoms with E-state index in [2.05, 4.69) is 4.72 Å². The minimum absolute atomic E-state index is 0.307. The maximum atomic E-state index is 12.1. The third kappa shape index (κ3) is 2.29. The highest BCUT2D eigenvalue weighted by Crippen LogP contribution is 2.39. The van der Waals surface area contributed by atoms with E-state index >= 15 is 0 Å². The van der Waals surface area contributed by atoms with Crippen LogP contribution in [0.2, 0.25) is 0 Å². The van der Waals surface area contributed by atoms with Crippen molar-refractivity contribution >= 4 is 26.5 Å². The summed E-state index contributed by atoms with van der Waals surface area (Å²) in [6.45, 7) is 0. The second-order valence-electron chi connectivity index (χ2n) is 5.69. The molecule has 0 aliphatic carbocycles. The Kier molecular flexibility index (Phi) is 3.14. The van der Waals surface area contributed by atoms with E-state index in [0.717, 1.165) is 16.5 Å². The zero-order valence-electron chi connectivity index (χ0n) is 12.2. The number of aliphatic hydroxyl groups is 1. The lowest BCUT2D eigenvalue weighted by Gasteiger charge is -2.13. The molecule has 23 heavy (non-hydrogen) atoms. The van der Waals surface area contributed by atoms with Gasteiger partial charge in [0, 0.05) is 11.8 Å². The second kappa shape index (κ2) is 5.08. The number of sulfonamides is 1. The fourth-order valence-electron chi connectivity index (χ4n) is 3.12. The molecule has 5 heteroatoms.